The molecule has 9 heteroatoms. The Bertz CT molecular complexity index is 1130. The van der Waals surface area contributed by atoms with Gasteiger partial charge in [0.05, 0.1) is 19.9 Å². The highest BCUT2D eigenvalue weighted by molar-refractivity contribution is 5.82. The van der Waals surface area contributed by atoms with Crippen LogP contribution in [0.15, 0.2) is 24.3 Å². The number of carbonyl (C=O) groups is 1. The molecule has 9 nitrogen and oxygen atoms in total. The first-order chi connectivity index (χ1) is 14.9. The molecule has 162 valence electrons. The number of hydrogen-bond acceptors (Lipinski definition) is 7. The zero-order valence-electron chi connectivity index (χ0n) is 18.3. The molecule has 1 saturated carbocycles. The van der Waals surface area contributed by atoms with E-state index in [2.05, 4.69) is 25.4 Å². The van der Waals surface area contributed by atoms with Crippen LogP contribution < -0.4 is 14.8 Å². The third-order valence-corrected chi connectivity index (χ3v) is 5.41. The van der Waals surface area contributed by atoms with Gasteiger partial charge in [-0.1, -0.05) is 6.07 Å². The number of carbonyl (C=O) groups excluding carboxylic acids is 1. The summed E-state index contributed by atoms with van der Waals surface area (Å²) < 4.78 is 12.5. The van der Waals surface area contributed by atoms with Crippen LogP contribution >= 0.6 is 0 Å². The minimum absolute atomic E-state index is 0.0316. The van der Waals surface area contributed by atoms with E-state index in [4.69, 9.17) is 9.47 Å². The van der Waals surface area contributed by atoms with Crippen LogP contribution in [0.4, 0.5) is 0 Å². The quantitative estimate of drug-likeness (QED) is 0.622. The molecular weight excluding hydrogens is 396 g/mol. The largest absolute Gasteiger partial charge is 0.493 e. The molecule has 0 radical (unpaired) electrons. The molecular formula is C22H26N6O3. The highest BCUT2D eigenvalue weighted by Gasteiger charge is 2.44. The lowest BCUT2D eigenvalue weighted by molar-refractivity contribution is -0.121. The highest BCUT2D eigenvalue weighted by atomic mass is 16.5. The maximum Gasteiger partial charge on any atom is 0.223 e. The molecule has 1 aliphatic carbocycles. The van der Waals surface area contributed by atoms with Crippen LogP contribution in [0, 0.1) is 19.8 Å². The van der Waals surface area contributed by atoms with Gasteiger partial charge in [-0.15, -0.1) is 5.10 Å². The number of aryl methyl sites for hydroxylation is 2. The third kappa shape index (κ3) is 4.21. The van der Waals surface area contributed by atoms with Crippen molar-refractivity contribution < 1.29 is 14.3 Å². The van der Waals surface area contributed by atoms with Crippen molar-refractivity contribution in [3.05, 3.63) is 53.0 Å². The zero-order valence-corrected chi connectivity index (χ0v) is 18.3. The fourth-order valence-electron chi connectivity index (χ4n) is 3.80. The second-order valence-electron chi connectivity index (χ2n) is 7.61. The average Bonchev–Trinajstić information content (AvgIpc) is 3.49. The van der Waals surface area contributed by atoms with Gasteiger partial charge in [0.2, 0.25) is 5.91 Å². The van der Waals surface area contributed by atoms with Crippen molar-refractivity contribution in [1.29, 1.82) is 0 Å². The van der Waals surface area contributed by atoms with Gasteiger partial charge in [0, 0.05) is 31.4 Å². The summed E-state index contributed by atoms with van der Waals surface area (Å²) in [6.45, 7) is 3.70. The number of methoxy groups -OCH3 is 2. The Balaban J connectivity index is 1.66. The smallest absolute Gasteiger partial charge is 0.223 e. The molecule has 3 aromatic rings. The van der Waals surface area contributed by atoms with Crippen LogP contribution in [0.25, 0.3) is 5.82 Å². The third-order valence-electron chi connectivity index (χ3n) is 5.41. The number of nitrogens with zero attached hydrogens (tertiary/aromatic N) is 5. The van der Waals surface area contributed by atoms with Crippen molar-refractivity contribution in [3.8, 4) is 17.3 Å². The Morgan fingerprint density at radius 1 is 1.10 bits per heavy atom. The lowest BCUT2D eigenvalue weighted by atomic mass is 10.1. The monoisotopic (exact) mass is 422 g/mol. The van der Waals surface area contributed by atoms with Crippen molar-refractivity contribution in [1.82, 2.24) is 30.0 Å². The Morgan fingerprint density at radius 2 is 1.87 bits per heavy atom. The number of aromatic nitrogens is 5. The molecule has 1 aliphatic rings. The number of ether oxygens (including phenoxy) is 2. The van der Waals surface area contributed by atoms with Crippen molar-refractivity contribution >= 4 is 5.91 Å². The second-order valence-corrected chi connectivity index (χ2v) is 7.61. The van der Waals surface area contributed by atoms with E-state index in [0.29, 0.717) is 35.4 Å². The van der Waals surface area contributed by atoms with E-state index in [0.717, 1.165) is 23.5 Å². The van der Waals surface area contributed by atoms with Crippen LogP contribution in [0.5, 0.6) is 11.5 Å². The molecule has 1 amide bonds. The van der Waals surface area contributed by atoms with Gasteiger partial charge in [0.15, 0.2) is 17.3 Å². The van der Waals surface area contributed by atoms with E-state index in [1.807, 2.05) is 38.1 Å². The molecule has 4 rings (SSSR count). The molecule has 2 atom stereocenters. The summed E-state index contributed by atoms with van der Waals surface area (Å²) in [5.74, 6) is 4.17. The number of benzene rings is 1. The summed E-state index contributed by atoms with van der Waals surface area (Å²) in [5.41, 5.74) is 1.88. The van der Waals surface area contributed by atoms with Gasteiger partial charge in [-0.25, -0.2) is 15.0 Å². The van der Waals surface area contributed by atoms with E-state index in [9.17, 15) is 4.79 Å². The molecule has 1 N–H and O–H groups in total. The standard InChI is InChI=1S/C22H26N6O3/c1-12-24-17(15-10-16(15)22(29)23-3)11-21(25-12)28-20(26-13(2)27-28)9-14-6-7-18(30-4)19(8-14)31-5/h6-8,11,15-16H,9-10H2,1-5H3,(H,23,29). The van der Waals surface area contributed by atoms with Crippen LogP contribution in [-0.2, 0) is 11.2 Å². The fourth-order valence-corrected chi connectivity index (χ4v) is 3.80. The summed E-state index contributed by atoms with van der Waals surface area (Å²) in [5, 5.41) is 7.28. The van der Waals surface area contributed by atoms with Crippen molar-refractivity contribution in [2.24, 2.45) is 5.92 Å². The average molecular weight is 422 g/mol. The van der Waals surface area contributed by atoms with E-state index in [1.54, 1.807) is 25.9 Å². The molecule has 0 aliphatic heterocycles. The van der Waals surface area contributed by atoms with Crippen LogP contribution in [0.3, 0.4) is 0 Å². The molecule has 0 spiro atoms. The number of rotatable bonds is 7. The van der Waals surface area contributed by atoms with Gasteiger partial charge in [0.1, 0.15) is 17.5 Å². The Labute approximate surface area is 180 Å². The predicted octanol–water partition coefficient (Wildman–Crippen LogP) is 2.13. The van der Waals surface area contributed by atoms with Crippen LogP contribution in [0.1, 0.15) is 41.1 Å². The molecule has 2 aromatic heterocycles. The molecule has 1 fully saturated rings. The van der Waals surface area contributed by atoms with E-state index in [1.165, 1.54) is 0 Å². The maximum atomic E-state index is 12.0. The SMILES string of the molecule is CNC(=O)C1CC1c1cc(-n2nc(C)nc2Cc2ccc(OC)c(OC)c2)nc(C)n1. The highest BCUT2D eigenvalue weighted by Crippen LogP contribution is 2.47. The lowest BCUT2D eigenvalue weighted by Gasteiger charge is -2.11. The molecule has 31 heavy (non-hydrogen) atoms. The Kier molecular flexibility index (Phi) is 5.58. The van der Waals surface area contributed by atoms with Gasteiger partial charge in [-0.05, 0) is 38.0 Å². The van der Waals surface area contributed by atoms with Crippen LogP contribution in [0.2, 0.25) is 0 Å². The van der Waals surface area contributed by atoms with E-state index in [-0.39, 0.29) is 17.7 Å². The lowest BCUT2D eigenvalue weighted by Crippen LogP contribution is -2.20. The molecule has 2 heterocycles. The van der Waals surface area contributed by atoms with E-state index < -0.39 is 0 Å². The first kappa shape index (κ1) is 20.8. The minimum atomic E-state index is -0.0316. The first-order valence-electron chi connectivity index (χ1n) is 10.1. The zero-order chi connectivity index (χ0) is 22.1. The van der Waals surface area contributed by atoms with Crippen LogP contribution in [-0.4, -0.2) is 51.9 Å². The topological polar surface area (TPSA) is 104 Å². The minimum Gasteiger partial charge on any atom is -0.493 e. The maximum absolute atomic E-state index is 12.0. The van der Waals surface area contributed by atoms with E-state index >= 15 is 0 Å². The van der Waals surface area contributed by atoms with Crippen molar-refractivity contribution in [3.63, 3.8) is 0 Å². The molecule has 2 unspecified atom stereocenters. The molecule has 0 saturated heterocycles. The summed E-state index contributed by atoms with van der Waals surface area (Å²) >= 11 is 0. The second kappa shape index (κ2) is 8.33. The fraction of sp³-hybridized carbons (Fsp3) is 0.409. The van der Waals surface area contributed by atoms with Gasteiger partial charge >= 0.3 is 0 Å². The molecule has 0 bridgehead atoms. The molecule has 1 aromatic carbocycles. The summed E-state index contributed by atoms with van der Waals surface area (Å²) in [6.07, 6.45) is 1.34. The predicted molar refractivity (Wildman–Crippen MR) is 114 cm³/mol. The Hall–Kier alpha value is -3.49. The summed E-state index contributed by atoms with van der Waals surface area (Å²) in [7, 11) is 4.89. The normalized spacial score (nSPS) is 17.3. The van der Waals surface area contributed by atoms with Gasteiger partial charge in [-0.3, -0.25) is 4.79 Å². The summed E-state index contributed by atoms with van der Waals surface area (Å²) in [6, 6.07) is 7.69. The first-order valence-corrected chi connectivity index (χ1v) is 10.1. The van der Waals surface area contributed by atoms with Crippen molar-refractivity contribution in [2.75, 3.05) is 21.3 Å². The number of amides is 1. The van der Waals surface area contributed by atoms with Gasteiger partial charge in [-0.2, -0.15) is 4.68 Å². The van der Waals surface area contributed by atoms with Crippen molar-refractivity contribution in [2.45, 2.75) is 32.6 Å². The Morgan fingerprint density at radius 3 is 2.58 bits per heavy atom. The number of hydrogen-bond donors (Lipinski definition) is 1. The summed E-state index contributed by atoms with van der Waals surface area (Å²) in [4.78, 5) is 25.7. The number of nitrogens with one attached hydrogen (secondary N) is 1. The van der Waals surface area contributed by atoms with Gasteiger partial charge in [0.25, 0.3) is 0 Å². The van der Waals surface area contributed by atoms with Gasteiger partial charge < -0.3 is 14.8 Å².